The number of aromatic nitrogens is 2. The second-order valence-electron chi connectivity index (χ2n) is 5.25. The van der Waals surface area contributed by atoms with Crippen LogP contribution in [-0.4, -0.2) is 23.8 Å². The number of hydrogen-bond donors (Lipinski definition) is 0. The fraction of sp³-hybridized carbons (Fsp3) is 0.158. The lowest BCUT2D eigenvalue weighted by Gasteiger charge is -2.08. The highest BCUT2D eigenvalue weighted by atomic mass is 32.2. The van der Waals surface area contributed by atoms with E-state index < -0.39 is 0 Å². The molecule has 0 radical (unpaired) electrons. The molecule has 0 aliphatic rings. The second-order valence-corrected chi connectivity index (χ2v) is 6.21. The molecular weight excluding hydrogens is 336 g/mol. The summed E-state index contributed by atoms with van der Waals surface area (Å²) in [4.78, 5) is 16.9. The molecule has 0 fully saturated rings. The highest BCUT2D eigenvalue weighted by Gasteiger charge is 2.08. The van der Waals surface area contributed by atoms with Crippen molar-refractivity contribution in [1.82, 2.24) is 9.55 Å². The summed E-state index contributed by atoms with van der Waals surface area (Å²) in [6.45, 7) is 0. The van der Waals surface area contributed by atoms with Gasteiger partial charge in [0.25, 0.3) is 5.56 Å². The third-order valence-electron chi connectivity index (χ3n) is 3.67. The molecule has 0 aliphatic heterocycles. The topological polar surface area (TPSA) is 53.4 Å². The molecule has 0 unspecified atom stereocenters. The first-order valence-electron chi connectivity index (χ1n) is 7.69. The van der Waals surface area contributed by atoms with Crippen molar-refractivity contribution in [2.45, 2.75) is 10.8 Å². The van der Waals surface area contributed by atoms with Gasteiger partial charge in [-0.1, -0.05) is 23.9 Å². The Hall–Kier alpha value is -2.73. The smallest absolute Gasteiger partial charge is 0.287 e. The molecule has 0 amide bonds. The Labute approximate surface area is 150 Å². The average molecular weight is 354 g/mol. The molecule has 3 aromatic rings. The monoisotopic (exact) mass is 354 g/mol. The van der Waals surface area contributed by atoms with E-state index in [1.54, 1.807) is 31.2 Å². The maximum atomic E-state index is 12.7. The molecule has 0 bridgehead atoms. The Balaban J connectivity index is 1.81. The summed E-state index contributed by atoms with van der Waals surface area (Å²) in [7, 11) is 3.25. The van der Waals surface area contributed by atoms with Crippen molar-refractivity contribution in [2.75, 3.05) is 14.2 Å². The number of rotatable bonds is 6. The Morgan fingerprint density at radius 2 is 1.80 bits per heavy atom. The van der Waals surface area contributed by atoms with Crippen molar-refractivity contribution >= 4 is 11.8 Å². The number of ether oxygens (including phenoxy) is 2. The summed E-state index contributed by atoms with van der Waals surface area (Å²) < 4.78 is 12.0. The van der Waals surface area contributed by atoms with Gasteiger partial charge < -0.3 is 9.47 Å². The molecule has 25 heavy (non-hydrogen) atoms. The average Bonchev–Trinajstić information content (AvgIpc) is 2.67. The first kappa shape index (κ1) is 17.1. The zero-order chi connectivity index (χ0) is 17.6. The van der Waals surface area contributed by atoms with Crippen molar-refractivity contribution in [2.24, 2.45) is 0 Å². The third kappa shape index (κ3) is 4.03. The summed E-state index contributed by atoms with van der Waals surface area (Å²) in [5, 5.41) is 0.459. The van der Waals surface area contributed by atoms with Crippen LogP contribution in [0.15, 0.2) is 70.7 Å². The molecule has 1 heterocycles. The van der Waals surface area contributed by atoms with Crippen molar-refractivity contribution < 1.29 is 9.47 Å². The van der Waals surface area contributed by atoms with Crippen LogP contribution in [0, 0.1) is 0 Å². The van der Waals surface area contributed by atoms with E-state index in [1.807, 2.05) is 48.5 Å². The van der Waals surface area contributed by atoms with Crippen molar-refractivity contribution in [3.63, 3.8) is 0 Å². The number of nitrogens with zero attached hydrogens (tertiary/aromatic N) is 2. The predicted octanol–water partition coefficient (Wildman–Crippen LogP) is 3.54. The van der Waals surface area contributed by atoms with Crippen LogP contribution in [0.25, 0.3) is 5.69 Å². The van der Waals surface area contributed by atoms with Gasteiger partial charge in [0.15, 0.2) is 5.03 Å². The van der Waals surface area contributed by atoms with Gasteiger partial charge >= 0.3 is 0 Å². The molecule has 0 N–H and O–H groups in total. The molecule has 0 saturated carbocycles. The van der Waals surface area contributed by atoms with Gasteiger partial charge in [-0.05, 0) is 42.0 Å². The minimum atomic E-state index is -0.138. The minimum absolute atomic E-state index is 0.138. The fourth-order valence-electron chi connectivity index (χ4n) is 2.35. The maximum Gasteiger partial charge on any atom is 0.287 e. The van der Waals surface area contributed by atoms with Gasteiger partial charge in [0.05, 0.1) is 14.2 Å². The van der Waals surface area contributed by atoms with Gasteiger partial charge in [-0.15, -0.1) is 0 Å². The normalized spacial score (nSPS) is 10.5. The summed E-state index contributed by atoms with van der Waals surface area (Å²) in [5.41, 5.74) is 1.71. The zero-order valence-electron chi connectivity index (χ0n) is 14.0. The molecule has 128 valence electrons. The van der Waals surface area contributed by atoms with Crippen LogP contribution in [0.4, 0.5) is 0 Å². The van der Waals surface area contributed by atoms with Crippen LogP contribution >= 0.6 is 11.8 Å². The van der Waals surface area contributed by atoms with Gasteiger partial charge in [0.1, 0.15) is 11.5 Å². The molecule has 6 heteroatoms. The van der Waals surface area contributed by atoms with E-state index >= 15 is 0 Å². The maximum absolute atomic E-state index is 12.7. The Morgan fingerprint density at radius 3 is 2.52 bits per heavy atom. The number of thioether (sulfide) groups is 1. The SMILES string of the molecule is COc1ccc(-n2ccnc(SCc3cccc(OC)c3)c2=O)cc1. The summed E-state index contributed by atoms with van der Waals surface area (Å²) in [6, 6.07) is 15.1. The standard InChI is InChI=1S/C19H18N2O3S/c1-23-16-8-6-15(7-9-16)21-11-10-20-18(19(21)22)25-13-14-4-3-5-17(12-14)24-2/h3-12H,13H2,1-2H3. The summed E-state index contributed by atoms with van der Waals surface area (Å²) in [6.07, 6.45) is 3.30. The molecule has 0 saturated heterocycles. The van der Waals surface area contributed by atoms with Crippen LogP contribution in [-0.2, 0) is 5.75 Å². The third-order valence-corrected chi connectivity index (χ3v) is 4.70. The van der Waals surface area contributed by atoms with E-state index in [-0.39, 0.29) is 5.56 Å². The number of benzene rings is 2. The minimum Gasteiger partial charge on any atom is -0.497 e. The van der Waals surface area contributed by atoms with Gasteiger partial charge in [-0.25, -0.2) is 4.98 Å². The van der Waals surface area contributed by atoms with Crippen LogP contribution in [0.2, 0.25) is 0 Å². The molecular formula is C19H18N2O3S. The lowest BCUT2D eigenvalue weighted by Crippen LogP contribution is -2.20. The predicted molar refractivity (Wildman–Crippen MR) is 98.9 cm³/mol. The van der Waals surface area contributed by atoms with E-state index in [2.05, 4.69) is 4.98 Å². The molecule has 3 rings (SSSR count). The molecule has 0 spiro atoms. The Morgan fingerprint density at radius 1 is 1.04 bits per heavy atom. The quantitative estimate of drug-likeness (QED) is 0.634. The highest BCUT2D eigenvalue weighted by molar-refractivity contribution is 7.98. The van der Waals surface area contributed by atoms with E-state index in [9.17, 15) is 4.79 Å². The first-order valence-corrected chi connectivity index (χ1v) is 8.67. The van der Waals surface area contributed by atoms with E-state index in [1.165, 1.54) is 11.8 Å². The van der Waals surface area contributed by atoms with Crippen LogP contribution in [0.3, 0.4) is 0 Å². The largest absolute Gasteiger partial charge is 0.497 e. The molecule has 0 atom stereocenters. The Bertz CT molecular complexity index is 907. The molecule has 2 aromatic carbocycles. The van der Waals surface area contributed by atoms with Crippen molar-refractivity contribution in [1.29, 1.82) is 0 Å². The first-order chi connectivity index (χ1) is 12.2. The summed E-state index contributed by atoms with van der Waals surface area (Å²) in [5.74, 6) is 2.19. The van der Waals surface area contributed by atoms with Crippen LogP contribution < -0.4 is 15.0 Å². The van der Waals surface area contributed by atoms with E-state index in [0.717, 1.165) is 22.7 Å². The van der Waals surface area contributed by atoms with Gasteiger partial charge in [-0.3, -0.25) is 9.36 Å². The fourth-order valence-corrected chi connectivity index (χ4v) is 3.19. The zero-order valence-corrected chi connectivity index (χ0v) is 14.8. The van der Waals surface area contributed by atoms with Crippen LogP contribution in [0.5, 0.6) is 11.5 Å². The van der Waals surface area contributed by atoms with Crippen molar-refractivity contribution in [3.05, 3.63) is 76.8 Å². The van der Waals surface area contributed by atoms with Gasteiger partial charge in [0, 0.05) is 23.8 Å². The lowest BCUT2D eigenvalue weighted by molar-refractivity contribution is 0.414. The van der Waals surface area contributed by atoms with Crippen LogP contribution in [0.1, 0.15) is 5.56 Å². The highest BCUT2D eigenvalue weighted by Crippen LogP contribution is 2.21. The Kier molecular flexibility index (Phi) is 5.40. The van der Waals surface area contributed by atoms with Gasteiger partial charge in [0.2, 0.25) is 0 Å². The lowest BCUT2D eigenvalue weighted by atomic mass is 10.2. The molecule has 5 nitrogen and oxygen atoms in total. The number of hydrogen-bond acceptors (Lipinski definition) is 5. The van der Waals surface area contributed by atoms with Gasteiger partial charge in [-0.2, -0.15) is 0 Å². The number of methoxy groups -OCH3 is 2. The second kappa shape index (κ2) is 7.90. The molecule has 0 aliphatic carbocycles. The van der Waals surface area contributed by atoms with E-state index in [4.69, 9.17) is 9.47 Å². The van der Waals surface area contributed by atoms with E-state index in [0.29, 0.717) is 10.8 Å². The summed E-state index contributed by atoms with van der Waals surface area (Å²) >= 11 is 1.41. The van der Waals surface area contributed by atoms with Crippen molar-refractivity contribution in [3.8, 4) is 17.2 Å². The molecule has 1 aromatic heterocycles.